The largest absolute Gasteiger partial charge is 0.444 e. The summed E-state index contributed by atoms with van der Waals surface area (Å²) in [6.07, 6.45) is 3.16. The average molecular weight is 524 g/mol. The van der Waals surface area contributed by atoms with Gasteiger partial charge in [-0.1, -0.05) is 23.5 Å². The predicted octanol–water partition coefficient (Wildman–Crippen LogP) is 4.59. The number of halogens is 1. The van der Waals surface area contributed by atoms with Crippen LogP contribution in [0, 0.1) is 11.0 Å². The quantitative estimate of drug-likeness (QED) is 0.569. The van der Waals surface area contributed by atoms with Gasteiger partial charge in [-0.05, 0) is 70.1 Å². The highest BCUT2D eigenvalue weighted by molar-refractivity contribution is 7.92. The maximum atomic E-state index is 13.4. The van der Waals surface area contributed by atoms with Crippen molar-refractivity contribution in [3.8, 4) is 0 Å². The number of sulfone groups is 1. The number of aromatic nitrogens is 1. The zero-order chi connectivity index (χ0) is 25.4. The van der Waals surface area contributed by atoms with Gasteiger partial charge in [0, 0.05) is 13.1 Å². The van der Waals surface area contributed by atoms with Crippen LogP contribution in [0.25, 0.3) is 0 Å². The molecule has 8 nitrogen and oxygen atoms in total. The van der Waals surface area contributed by atoms with Crippen LogP contribution in [0.3, 0.4) is 0 Å². The molecule has 1 saturated heterocycles. The number of rotatable bonds is 7. The smallest absolute Gasteiger partial charge is 0.410 e. The van der Waals surface area contributed by atoms with Gasteiger partial charge in [-0.15, -0.1) is 0 Å². The van der Waals surface area contributed by atoms with Crippen LogP contribution in [0.1, 0.15) is 57.9 Å². The molecule has 1 aromatic heterocycles. The summed E-state index contributed by atoms with van der Waals surface area (Å²) >= 11 is 0.738. The number of carbonyl (C=O) groups is 2. The van der Waals surface area contributed by atoms with Crippen molar-refractivity contribution in [2.45, 2.75) is 68.1 Å². The van der Waals surface area contributed by atoms with E-state index >= 15 is 0 Å². The van der Waals surface area contributed by atoms with E-state index in [1.54, 1.807) is 29.2 Å². The second-order valence-electron chi connectivity index (χ2n) is 10.1. The van der Waals surface area contributed by atoms with Crippen LogP contribution in [0.5, 0.6) is 0 Å². The van der Waals surface area contributed by atoms with Crippen LogP contribution >= 0.6 is 11.3 Å². The second-order valence-corrected chi connectivity index (χ2v) is 13.4. The number of ether oxygens (including phenoxy) is 1. The molecule has 1 N–H and O–H groups in total. The Hall–Kier alpha value is -2.53. The highest BCUT2D eigenvalue weighted by atomic mass is 32.2. The van der Waals surface area contributed by atoms with Crippen molar-refractivity contribution < 1.29 is 27.1 Å². The van der Waals surface area contributed by atoms with Gasteiger partial charge in [0.15, 0.2) is 20.1 Å². The van der Waals surface area contributed by atoms with E-state index in [0.29, 0.717) is 44.3 Å². The molecule has 1 aromatic carbocycles. The van der Waals surface area contributed by atoms with Crippen molar-refractivity contribution in [2.75, 3.05) is 18.4 Å². The van der Waals surface area contributed by atoms with Crippen molar-refractivity contribution in [1.29, 1.82) is 0 Å². The van der Waals surface area contributed by atoms with Crippen LogP contribution in [-0.2, 0) is 19.4 Å². The summed E-state index contributed by atoms with van der Waals surface area (Å²) in [6, 6.07) is 6.44. The van der Waals surface area contributed by atoms with E-state index in [2.05, 4.69) is 10.3 Å². The van der Waals surface area contributed by atoms with E-state index < -0.39 is 26.5 Å². The van der Waals surface area contributed by atoms with Crippen LogP contribution in [0.4, 0.5) is 14.3 Å². The Morgan fingerprint density at radius 3 is 2.49 bits per heavy atom. The lowest BCUT2D eigenvalue weighted by Crippen LogP contribution is -2.35. The standard InChI is InChI=1S/C24H30FN3O5S2/c1-24(2,3)33-23(30)28-11-10-15(14-28)12-19(21(29)27-22-26-13-20(25)34-22)16-4-6-17(7-5-16)35(31,32)18-8-9-18/h4-7,13,15,18-19H,8-12,14H2,1-3H3,(H,26,27,29)/t15?,19-/m1/s1. The molecule has 0 bridgehead atoms. The van der Waals surface area contributed by atoms with E-state index in [0.717, 1.165) is 17.5 Å². The summed E-state index contributed by atoms with van der Waals surface area (Å²) in [5.74, 6) is -0.933. The summed E-state index contributed by atoms with van der Waals surface area (Å²) < 4.78 is 44.0. The predicted molar refractivity (Wildman–Crippen MR) is 131 cm³/mol. The van der Waals surface area contributed by atoms with Gasteiger partial charge in [-0.25, -0.2) is 18.2 Å². The van der Waals surface area contributed by atoms with Gasteiger partial charge < -0.3 is 15.0 Å². The minimum Gasteiger partial charge on any atom is -0.444 e. The number of benzene rings is 1. The van der Waals surface area contributed by atoms with Crippen LogP contribution in [0.15, 0.2) is 35.4 Å². The molecule has 0 radical (unpaired) electrons. The van der Waals surface area contributed by atoms with Gasteiger partial charge >= 0.3 is 6.09 Å². The van der Waals surface area contributed by atoms with E-state index in [-0.39, 0.29) is 33.2 Å². The first-order valence-electron chi connectivity index (χ1n) is 11.7. The summed E-state index contributed by atoms with van der Waals surface area (Å²) in [4.78, 5) is 31.4. The minimum absolute atomic E-state index is 0.0428. The number of likely N-dealkylation sites (tertiary alicyclic amines) is 1. The first-order chi connectivity index (χ1) is 16.4. The highest BCUT2D eigenvalue weighted by Crippen LogP contribution is 2.35. The lowest BCUT2D eigenvalue weighted by atomic mass is 9.87. The van der Waals surface area contributed by atoms with E-state index in [1.165, 1.54) is 0 Å². The first kappa shape index (κ1) is 25.6. The fourth-order valence-electron chi connectivity index (χ4n) is 4.21. The molecule has 1 aliphatic carbocycles. The highest BCUT2D eigenvalue weighted by Gasteiger charge is 2.37. The molecule has 2 aromatic rings. The Morgan fingerprint density at radius 1 is 1.23 bits per heavy atom. The molecule has 2 aliphatic rings. The molecule has 2 fully saturated rings. The summed E-state index contributed by atoms with van der Waals surface area (Å²) in [6.45, 7) is 6.43. The first-order valence-corrected chi connectivity index (χ1v) is 14.0. The number of hydrogen-bond acceptors (Lipinski definition) is 7. The second kappa shape index (κ2) is 9.85. The molecule has 2 amide bonds. The number of anilines is 1. The zero-order valence-electron chi connectivity index (χ0n) is 20.0. The Labute approximate surface area is 208 Å². The Balaban J connectivity index is 1.51. The Morgan fingerprint density at radius 2 is 1.91 bits per heavy atom. The molecule has 11 heteroatoms. The Kier molecular flexibility index (Phi) is 7.19. The topological polar surface area (TPSA) is 106 Å². The van der Waals surface area contributed by atoms with Crippen molar-refractivity contribution in [3.63, 3.8) is 0 Å². The van der Waals surface area contributed by atoms with Crippen LogP contribution in [-0.4, -0.2) is 54.2 Å². The maximum absolute atomic E-state index is 13.4. The van der Waals surface area contributed by atoms with Crippen LogP contribution in [0.2, 0.25) is 0 Å². The molecule has 1 aliphatic heterocycles. The van der Waals surface area contributed by atoms with Gasteiger partial charge in [0.2, 0.25) is 5.91 Å². The monoisotopic (exact) mass is 523 g/mol. The van der Waals surface area contributed by atoms with Gasteiger partial charge in [-0.3, -0.25) is 4.79 Å². The van der Waals surface area contributed by atoms with Crippen molar-refractivity contribution >= 4 is 38.3 Å². The third-order valence-electron chi connectivity index (χ3n) is 6.10. The van der Waals surface area contributed by atoms with Crippen molar-refractivity contribution in [3.05, 3.63) is 41.2 Å². The van der Waals surface area contributed by atoms with Crippen molar-refractivity contribution in [2.24, 2.45) is 5.92 Å². The molecule has 4 rings (SSSR count). The number of carbonyl (C=O) groups excluding carboxylic acids is 2. The zero-order valence-corrected chi connectivity index (χ0v) is 21.6. The third kappa shape index (κ3) is 6.38. The maximum Gasteiger partial charge on any atom is 0.410 e. The molecule has 1 saturated carbocycles. The molecule has 2 atom stereocenters. The molecule has 2 heterocycles. The molecule has 1 unspecified atom stereocenters. The summed E-state index contributed by atoms with van der Waals surface area (Å²) in [5, 5.41) is 2.02. The molecule has 35 heavy (non-hydrogen) atoms. The fourth-order valence-corrected chi connectivity index (χ4v) is 6.41. The van der Waals surface area contributed by atoms with Gasteiger partial charge in [0.1, 0.15) is 5.60 Å². The van der Waals surface area contributed by atoms with Gasteiger partial charge in [0.05, 0.1) is 22.3 Å². The molecule has 0 spiro atoms. The fraction of sp³-hybridized carbons (Fsp3) is 0.542. The third-order valence-corrected chi connectivity index (χ3v) is 9.08. The lowest BCUT2D eigenvalue weighted by molar-refractivity contribution is -0.118. The van der Waals surface area contributed by atoms with Crippen molar-refractivity contribution in [1.82, 2.24) is 9.88 Å². The van der Waals surface area contributed by atoms with E-state index in [4.69, 9.17) is 4.74 Å². The van der Waals surface area contributed by atoms with E-state index in [9.17, 15) is 22.4 Å². The molecule has 190 valence electrons. The molecular formula is C24H30FN3O5S2. The number of amides is 2. The summed E-state index contributed by atoms with van der Waals surface area (Å²) in [5.41, 5.74) is 0.0633. The normalized spacial score (nSPS) is 19.4. The van der Waals surface area contributed by atoms with E-state index in [1.807, 2.05) is 20.8 Å². The number of nitrogens with zero attached hydrogens (tertiary/aromatic N) is 2. The number of hydrogen-bond donors (Lipinski definition) is 1. The molecular weight excluding hydrogens is 493 g/mol. The number of nitrogens with one attached hydrogen (secondary N) is 1. The Bertz CT molecular complexity index is 1190. The van der Waals surface area contributed by atoms with Crippen LogP contribution < -0.4 is 5.32 Å². The average Bonchev–Trinajstić information content (AvgIpc) is 3.41. The summed E-state index contributed by atoms with van der Waals surface area (Å²) in [7, 11) is -3.34. The lowest BCUT2D eigenvalue weighted by Gasteiger charge is -2.25. The van der Waals surface area contributed by atoms with Gasteiger partial charge in [0.25, 0.3) is 0 Å². The SMILES string of the molecule is CC(C)(C)OC(=O)N1CCC(C[C@@H](C(=O)Nc2ncc(F)s2)c2ccc(S(=O)(=O)C3CC3)cc2)C1. The minimum atomic E-state index is -3.34. The van der Waals surface area contributed by atoms with Gasteiger partial charge in [-0.2, -0.15) is 4.39 Å². The number of thiazole rings is 1.